The zero-order valence-electron chi connectivity index (χ0n) is 14.3. The molecule has 0 fully saturated rings. The van der Waals surface area contributed by atoms with Crippen LogP contribution in [0.1, 0.15) is 16.7 Å². The molecule has 1 heterocycles. The third-order valence-electron chi connectivity index (χ3n) is 4.09. The molecule has 2 amide bonds. The molecule has 0 bridgehead atoms. The SMILES string of the molecule is Cc1ccc(NCC(=O)NNC(=O)[C@H]2Cc3ccccc3O2)c(C)c1. The summed E-state index contributed by atoms with van der Waals surface area (Å²) in [6.45, 7) is 4.06. The number of carbonyl (C=O) groups excluding carboxylic acids is 2. The molecule has 3 N–H and O–H groups in total. The first-order chi connectivity index (χ1) is 12.0. The van der Waals surface area contributed by atoms with Crippen LogP contribution in [-0.4, -0.2) is 24.5 Å². The van der Waals surface area contributed by atoms with Crippen LogP contribution < -0.4 is 20.9 Å². The number of aryl methyl sites for hydroxylation is 2. The van der Waals surface area contributed by atoms with Crippen molar-refractivity contribution in [3.05, 3.63) is 59.2 Å². The van der Waals surface area contributed by atoms with Crippen molar-refractivity contribution in [1.29, 1.82) is 0 Å². The fourth-order valence-electron chi connectivity index (χ4n) is 2.77. The first-order valence-electron chi connectivity index (χ1n) is 8.17. The van der Waals surface area contributed by atoms with Gasteiger partial charge in [-0.25, -0.2) is 0 Å². The van der Waals surface area contributed by atoms with Crippen molar-refractivity contribution in [2.24, 2.45) is 0 Å². The fraction of sp³-hybridized carbons (Fsp3) is 0.263. The van der Waals surface area contributed by atoms with Crippen molar-refractivity contribution in [3.8, 4) is 5.75 Å². The number of anilines is 1. The van der Waals surface area contributed by atoms with Crippen molar-refractivity contribution in [2.75, 3.05) is 11.9 Å². The van der Waals surface area contributed by atoms with E-state index in [1.807, 2.05) is 56.3 Å². The van der Waals surface area contributed by atoms with E-state index in [2.05, 4.69) is 16.2 Å². The normalized spacial score (nSPS) is 15.0. The average molecular weight is 339 g/mol. The van der Waals surface area contributed by atoms with Gasteiger partial charge in [0.2, 0.25) is 0 Å². The molecular weight excluding hydrogens is 318 g/mol. The lowest BCUT2D eigenvalue weighted by Gasteiger charge is -2.13. The second-order valence-electron chi connectivity index (χ2n) is 6.13. The zero-order valence-corrected chi connectivity index (χ0v) is 14.3. The highest BCUT2D eigenvalue weighted by Gasteiger charge is 2.28. The topological polar surface area (TPSA) is 79.5 Å². The van der Waals surface area contributed by atoms with Gasteiger partial charge in [0, 0.05) is 12.1 Å². The summed E-state index contributed by atoms with van der Waals surface area (Å²) in [6.07, 6.45) is -0.122. The highest BCUT2D eigenvalue weighted by atomic mass is 16.5. The molecule has 6 heteroatoms. The number of hydrogen-bond donors (Lipinski definition) is 3. The van der Waals surface area contributed by atoms with Crippen LogP contribution in [0, 0.1) is 13.8 Å². The molecule has 1 aliphatic rings. The van der Waals surface area contributed by atoms with E-state index in [9.17, 15) is 9.59 Å². The molecule has 2 aromatic carbocycles. The van der Waals surface area contributed by atoms with Crippen molar-refractivity contribution in [1.82, 2.24) is 10.9 Å². The van der Waals surface area contributed by atoms with E-state index in [1.165, 1.54) is 0 Å². The van der Waals surface area contributed by atoms with Gasteiger partial charge in [-0.3, -0.25) is 20.4 Å². The highest BCUT2D eigenvalue weighted by Crippen LogP contribution is 2.27. The van der Waals surface area contributed by atoms with Gasteiger partial charge >= 0.3 is 0 Å². The summed E-state index contributed by atoms with van der Waals surface area (Å²) in [7, 11) is 0. The predicted octanol–water partition coefficient (Wildman–Crippen LogP) is 1.87. The number of para-hydroxylation sites is 1. The second kappa shape index (κ2) is 7.25. The molecule has 0 aliphatic carbocycles. The zero-order chi connectivity index (χ0) is 17.8. The van der Waals surface area contributed by atoms with E-state index in [4.69, 9.17) is 4.74 Å². The predicted molar refractivity (Wildman–Crippen MR) is 95.3 cm³/mol. The lowest BCUT2D eigenvalue weighted by molar-refractivity contribution is -0.132. The Morgan fingerprint density at radius 3 is 2.68 bits per heavy atom. The smallest absolute Gasteiger partial charge is 0.279 e. The van der Waals surface area contributed by atoms with E-state index in [1.54, 1.807) is 0 Å². The summed E-state index contributed by atoms with van der Waals surface area (Å²) in [6, 6.07) is 13.5. The molecule has 25 heavy (non-hydrogen) atoms. The minimum atomic E-state index is -0.620. The number of rotatable bonds is 4. The number of carbonyl (C=O) groups is 2. The lowest BCUT2D eigenvalue weighted by atomic mass is 10.1. The molecular formula is C19H21N3O3. The summed E-state index contributed by atoms with van der Waals surface area (Å²) in [5.74, 6) is 0.0189. The van der Waals surface area contributed by atoms with E-state index in [-0.39, 0.29) is 18.4 Å². The third kappa shape index (κ3) is 4.09. The number of fused-ring (bicyclic) bond motifs is 1. The molecule has 1 atom stereocenters. The third-order valence-corrected chi connectivity index (χ3v) is 4.09. The van der Waals surface area contributed by atoms with Crippen molar-refractivity contribution >= 4 is 17.5 Å². The molecule has 0 radical (unpaired) electrons. The Morgan fingerprint density at radius 1 is 1.12 bits per heavy atom. The summed E-state index contributed by atoms with van der Waals surface area (Å²) in [4.78, 5) is 24.0. The van der Waals surface area contributed by atoms with Crippen LogP contribution in [0.4, 0.5) is 5.69 Å². The van der Waals surface area contributed by atoms with Crippen LogP contribution in [0.2, 0.25) is 0 Å². The Hall–Kier alpha value is -3.02. The number of hydrogen-bond acceptors (Lipinski definition) is 4. The van der Waals surface area contributed by atoms with E-state index >= 15 is 0 Å². The summed E-state index contributed by atoms with van der Waals surface area (Å²) in [5, 5.41) is 3.05. The standard InChI is InChI=1S/C19H21N3O3/c1-12-7-8-15(13(2)9-12)20-11-18(23)21-22-19(24)17-10-14-5-3-4-6-16(14)25-17/h3-9,17,20H,10-11H2,1-2H3,(H,21,23)(H,22,24)/t17-/m1/s1. The quantitative estimate of drug-likeness (QED) is 0.743. The molecule has 0 saturated heterocycles. The van der Waals surface area contributed by atoms with Gasteiger partial charge in [-0.2, -0.15) is 0 Å². The van der Waals surface area contributed by atoms with E-state index < -0.39 is 6.10 Å². The van der Waals surface area contributed by atoms with Crippen molar-refractivity contribution in [3.63, 3.8) is 0 Å². The molecule has 6 nitrogen and oxygen atoms in total. The highest BCUT2D eigenvalue weighted by molar-refractivity contribution is 5.87. The fourth-order valence-corrected chi connectivity index (χ4v) is 2.77. The van der Waals surface area contributed by atoms with Crippen LogP contribution in [-0.2, 0) is 16.0 Å². The average Bonchev–Trinajstić information content (AvgIpc) is 3.03. The van der Waals surface area contributed by atoms with Crippen molar-refractivity contribution in [2.45, 2.75) is 26.4 Å². The van der Waals surface area contributed by atoms with Crippen LogP contribution in [0.3, 0.4) is 0 Å². The first kappa shape index (κ1) is 16.8. The van der Waals surface area contributed by atoms with Crippen LogP contribution >= 0.6 is 0 Å². The van der Waals surface area contributed by atoms with Crippen molar-refractivity contribution < 1.29 is 14.3 Å². The molecule has 3 rings (SSSR count). The largest absolute Gasteiger partial charge is 0.480 e. The van der Waals surface area contributed by atoms with Gasteiger partial charge < -0.3 is 10.1 Å². The molecule has 1 aliphatic heterocycles. The van der Waals surface area contributed by atoms with Gasteiger partial charge in [0.05, 0.1) is 6.54 Å². The number of ether oxygens (including phenoxy) is 1. The monoisotopic (exact) mass is 339 g/mol. The Bertz CT molecular complexity index is 779. The van der Waals surface area contributed by atoms with Crippen LogP contribution in [0.15, 0.2) is 42.5 Å². The van der Waals surface area contributed by atoms with Gasteiger partial charge in [-0.05, 0) is 37.1 Å². The van der Waals surface area contributed by atoms with Gasteiger partial charge in [-0.1, -0.05) is 35.9 Å². The molecule has 2 aromatic rings. The Labute approximate surface area is 146 Å². The molecule has 0 unspecified atom stereocenters. The Morgan fingerprint density at radius 2 is 1.92 bits per heavy atom. The van der Waals surface area contributed by atoms with Crippen LogP contribution in [0.5, 0.6) is 5.75 Å². The van der Waals surface area contributed by atoms with E-state index in [0.29, 0.717) is 12.2 Å². The minimum Gasteiger partial charge on any atom is -0.480 e. The minimum absolute atomic E-state index is 0.0654. The number of nitrogens with one attached hydrogen (secondary N) is 3. The van der Waals surface area contributed by atoms with Crippen LogP contribution in [0.25, 0.3) is 0 Å². The maximum absolute atomic E-state index is 12.1. The molecule has 0 aromatic heterocycles. The molecule has 130 valence electrons. The van der Waals surface area contributed by atoms with Gasteiger partial charge in [-0.15, -0.1) is 0 Å². The Balaban J connectivity index is 1.44. The maximum Gasteiger partial charge on any atom is 0.279 e. The number of benzene rings is 2. The second-order valence-corrected chi connectivity index (χ2v) is 6.13. The van der Waals surface area contributed by atoms with Gasteiger partial charge in [0.15, 0.2) is 6.10 Å². The first-order valence-corrected chi connectivity index (χ1v) is 8.17. The molecule has 0 saturated carbocycles. The summed E-state index contributed by atoms with van der Waals surface area (Å²) >= 11 is 0. The number of amides is 2. The summed E-state index contributed by atoms with van der Waals surface area (Å²) < 4.78 is 5.58. The van der Waals surface area contributed by atoms with Gasteiger partial charge in [0.25, 0.3) is 11.8 Å². The lowest BCUT2D eigenvalue weighted by Crippen LogP contribution is -2.49. The molecule has 0 spiro atoms. The summed E-state index contributed by atoms with van der Waals surface area (Å²) in [5.41, 5.74) is 8.93. The number of hydrazine groups is 1. The van der Waals surface area contributed by atoms with Gasteiger partial charge in [0.1, 0.15) is 5.75 Å². The Kier molecular flexibility index (Phi) is 4.88. The van der Waals surface area contributed by atoms with E-state index in [0.717, 1.165) is 22.4 Å². The maximum atomic E-state index is 12.1.